The molecule has 2 aromatic rings. The van der Waals surface area contributed by atoms with Gasteiger partial charge in [-0.15, -0.1) is 0 Å². The number of anilines is 2. The zero-order valence-electron chi connectivity index (χ0n) is 15.3. The van der Waals surface area contributed by atoms with Crippen LogP contribution in [0.2, 0.25) is 0 Å². The summed E-state index contributed by atoms with van der Waals surface area (Å²) < 4.78 is 0. The van der Waals surface area contributed by atoms with Gasteiger partial charge in [0, 0.05) is 32.0 Å². The van der Waals surface area contributed by atoms with Crippen LogP contribution in [0.15, 0.2) is 48.7 Å². The van der Waals surface area contributed by atoms with Crippen LogP contribution in [0, 0.1) is 17.8 Å². The average Bonchev–Trinajstić information content (AvgIpc) is 3.45. The number of carbonyl (C=O) groups is 2. The summed E-state index contributed by atoms with van der Waals surface area (Å²) in [4.78, 5) is 32.4. The van der Waals surface area contributed by atoms with Crippen LogP contribution in [0.4, 0.5) is 11.5 Å². The maximum absolute atomic E-state index is 12.8. The van der Waals surface area contributed by atoms with Gasteiger partial charge in [-0.25, -0.2) is 4.98 Å². The standard InChI is InChI=1S/C21H23N3O3/c1-23(16-5-3-2-4-6-16)19-10-9-15(11-22-19)20(25)24-12-17(14-7-8-14)18(13-24)21(26)27/h2-6,9-11,14,17-18H,7-8,12-13H2,1H3,(H,26,27)/t17-,18+/m1/s1. The molecule has 4 rings (SSSR count). The molecule has 2 aliphatic rings. The Balaban J connectivity index is 1.47. The number of pyridine rings is 1. The number of para-hydroxylation sites is 1. The number of rotatable bonds is 5. The van der Waals surface area contributed by atoms with E-state index >= 15 is 0 Å². The first-order valence-electron chi connectivity index (χ1n) is 9.31. The summed E-state index contributed by atoms with van der Waals surface area (Å²) in [6.07, 6.45) is 3.74. The van der Waals surface area contributed by atoms with Crippen LogP contribution >= 0.6 is 0 Å². The molecule has 0 radical (unpaired) electrons. The van der Waals surface area contributed by atoms with Crippen molar-refractivity contribution in [1.29, 1.82) is 0 Å². The second kappa shape index (κ2) is 7.02. The lowest BCUT2D eigenvalue weighted by Gasteiger charge is -2.19. The smallest absolute Gasteiger partial charge is 0.308 e. The summed E-state index contributed by atoms with van der Waals surface area (Å²) in [5, 5.41) is 9.48. The third kappa shape index (κ3) is 3.52. The molecule has 1 aromatic carbocycles. The van der Waals surface area contributed by atoms with Gasteiger partial charge in [0.1, 0.15) is 5.82 Å². The Kier molecular flexibility index (Phi) is 4.56. The molecule has 2 heterocycles. The van der Waals surface area contributed by atoms with E-state index in [1.54, 1.807) is 17.2 Å². The minimum absolute atomic E-state index is 0.0860. The summed E-state index contributed by atoms with van der Waals surface area (Å²) in [5.41, 5.74) is 1.51. The van der Waals surface area contributed by atoms with Crippen molar-refractivity contribution in [1.82, 2.24) is 9.88 Å². The Bertz CT molecular complexity index is 834. The average molecular weight is 365 g/mol. The van der Waals surface area contributed by atoms with Gasteiger partial charge in [-0.1, -0.05) is 18.2 Å². The number of hydrogen-bond donors (Lipinski definition) is 1. The maximum atomic E-state index is 12.8. The fourth-order valence-electron chi connectivity index (χ4n) is 3.94. The van der Waals surface area contributed by atoms with E-state index in [0.717, 1.165) is 24.3 Å². The molecule has 1 saturated carbocycles. The number of carboxylic acid groups (broad SMARTS) is 1. The third-order valence-corrected chi connectivity index (χ3v) is 5.68. The van der Waals surface area contributed by atoms with Gasteiger partial charge in [-0.05, 0) is 48.9 Å². The lowest BCUT2D eigenvalue weighted by molar-refractivity contribution is -0.142. The second-order valence-corrected chi connectivity index (χ2v) is 7.46. The summed E-state index contributed by atoms with van der Waals surface area (Å²) in [7, 11) is 1.93. The minimum Gasteiger partial charge on any atom is -0.481 e. The fourth-order valence-corrected chi connectivity index (χ4v) is 3.94. The topological polar surface area (TPSA) is 73.7 Å². The van der Waals surface area contributed by atoms with Gasteiger partial charge in [0.2, 0.25) is 0 Å². The number of benzene rings is 1. The van der Waals surface area contributed by atoms with Crippen molar-refractivity contribution in [2.24, 2.45) is 17.8 Å². The molecule has 140 valence electrons. The molecule has 1 aliphatic heterocycles. The van der Waals surface area contributed by atoms with Crippen LogP contribution in [0.25, 0.3) is 0 Å². The van der Waals surface area contributed by atoms with Crippen LogP contribution in [0.3, 0.4) is 0 Å². The van der Waals surface area contributed by atoms with Gasteiger partial charge in [0.05, 0.1) is 11.5 Å². The van der Waals surface area contributed by atoms with Crippen molar-refractivity contribution in [3.05, 3.63) is 54.2 Å². The third-order valence-electron chi connectivity index (χ3n) is 5.68. The molecule has 2 atom stereocenters. The van der Waals surface area contributed by atoms with Gasteiger partial charge >= 0.3 is 5.97 Å². The quantitative estimate of drug-likeness (QED) is 0.882. The highest BCUT2D eigenvalue weighted by Gasteiger charge is 2.46. The second-order valence-electron chi connectivity index (χ2n) is 7.46. The van der Waals surface area contributed by atoms with Crippen LogP contribution < -0.4 is 4.90 Å². The van der Waals surface area contributed by atoms with Crippen molar-refractivity contribution in [3.8, 4) is 0 Å². The lowest BCUT2D eigenvalue weighted by Crippen LogP contribution is -2.30. The van der Waals surface area contributed by atoms with Crippen LogP contribution in [0.5, 0.6) is 0 Å². The SMILES string of the molecule is CN(c1ccccc1)c1ccc(C(=O)N2C[C@H](C(=O)O)[C@@H](C3CC3)C2)cn1. The molecule has 0 spiro atoms. The predicted molar refractivity (Wildman–Crippen MR) is 102 cm³/mol. The molecule has 2 fully saturated rings. The Hall–Kier alpha value is -2.89. The first-order chi connectivity index (χ1) is 13.0. The molecule has 1 amide bonds. The van der Waals surface area contributed by atoms with Crippen molar-refractivity contribution >= 4 is 23.4 Å². The molecule has 1 aromatic heterocycles. The van der Waals surface area contributed by atoms with E-state index in [-0.39, 0.29) is 11.8 Å². The molecule has 1 aliphatic carbocycles. The van der Waals surface area contributed by atoms with Gasteiger partial charge in [0.25, 0.3) is 5.91 Å². The van der Waals surface area contributed by atoms with E-state index in [4.69, 9.17) is 0 Å². The molecule has 1 saturated heterocycles. The monoisotopic (exact) mass is 365 g/mol. The first-order valence-corrected chi connectivity index (χ1v) is 9.31. The number of likely N-dealkylation sites (tertiary alicyclic amines) is 1. The summed E-state index contributed by atoms with van der Waals surface area (Å²) in [6, 6.07) is 13.5. The molecule has 6 nitrogen and oxygen atoms in total. The fraction of sp³-hybridized carbons (Fsp3) is 0.381. The molecular formula is C21H23N3O3. The highest BCUT2D eigenvalue weighted by atomic mass is 16.4. The number of hydrogen-bond acceptors (Lipinski definition) is 4. The molecule has 0 unspecified atom stereocenters. The maximum Gasteiger partial charge on any atom is 0.308 e. The number of carboxylic acids is 1. The molecule has 0 bridgehead atoms. The number of aromatic nitrogens is 1. The normalized spacial score (nSPS) is 21.9. The Morgan fingerprint density at radius 3 is 2.44 bits per heavy atom. The van der Waals surface area contributed by atoms with Crippen molar-refractivity contribution in [2.45, 2.75) is 12.8 Å². The number of carbonyl (C=O) groups excluding carboxylic acids is 1. The van der Waals surface area contributed by atoms with E-state index in [9.17, 15) is 14.7 Å². The van der Waals surface area contributed by atoms with Crippen LogP contribution in [-0.4, -0.2) is 47.0 Å². The van der Waals surface area contributed by atoms with E-state index in [2.05, 4.69) is 4.98 Å². The Labute approximate surface area is 158 Å². The zero-order valence-corrected chi connectivity index (χ0v) is 15.3. The zero-order chi connectivity index (χ0) is 19.0. The molecule has 27 heavy (non-hydrogen) atoms. The van der Waals surface area contributed by atoms with Crippen molar-refractivity contribution in [2.75, 3.05) is 25.0 Å². The largest absolute Gasteiger partial charge is 0.481 e. The summed E-state index contributed by atoms with van der Waals surface area (Å²) in [6.45, 7) is 0.827. The van der Waals surface area contributed by atoms with E-state index in [0.29, 0.717) is 24.6 Å². The molecule has 6 heteroatoms. The number of nitrogens with zero attached hydrogens (tertiary/aromatic N) is 3. The first kappa shape index (κ1) is 17.5. The highest BCUT2D eigenvalue weighted by Crippen LogP contribution is 2.44. The highest BCUT2D eigenvalue weighted by molar-refractivity contribution is 5.94. The Morgan fingerprint density at radius 1 is 1.11 bits per heavy atom. The van der Waals surface area contributed by atoms with Crippen molar-refractivity contribution < 1.29 is 14.7 Å². The number of aliphatic carboxylic acids is 1. The van der Waals surface area contributed by atoms with E-state index < -0.39 is 11.9 Å². The van der Waals surface area contributed by atoms with Crippen molar-refractivity contribution in [3.63, 3.8) is 0 Å². The predicted octanol–water partition coefficient (Wildman–Crippen LogP) is 3.03. The minimum atomic E-state index is -0.792. The Morgan fingerprint density at radius 2 is 1.85 bits per heavy atom. The van der Waals surface area contributed by atoms with Crippen LogP contribution in [0.1, 0.15) is 23.2 Å². The van der Waals surface area contributed by atoms with Gasteiger partial charge in [-0.3, -0.25) is 9.59 Å². The molecule has 1 N–H and O–H groups in total. The molecular weight excluding hydrogens is 342 g/mol. The van der Waals surface area contributed by atoms with Gasteiger partial charge < -0.3 is 14.9 Å². The summed E-state index contributed by atoms with van der Waals surface area (Å²) >= 11 is 0. The van der Waals surface area contributed by atoms with Crippen LogP contribution in [-0.2, 0) is 4.79 Å². The van der Waals surface area contributed by atoms with E-state index in [1.165, 1.54) is 0 Å². The number of amides is 1. The summed E-state index contributed by atoms with van der Waals surface area (Å²) in [5.74, 6) is -0.0749. The van der Waals surface area contributed by atoms with E-state index in [1.807, 2.05) is 48.3 Å². The van der Waals surface area contributed by atoms with Gasteiger partial charge in [0.15, 0.2) is 0 Å². The van der Waals surface area contributed by atoms with Gasteiger partial charge in [-0.2, -0.15) is 0 Å². The lowest BCUT2D eigenvalue weighted by atomic mass is 9.92.